The van der Waals surface area contributed by atoms with Crippen molar-refractivity contribution < 1.29 is 14.3 Å². The van der Waals surface area contributed by atoms with Crippen LogP contribution in [0.3, 0.4) is 0 Å². The number of rotatable bonds is 6. The smallest absolute Gasteiger partial charge is 0.341 e. The lowest BCUT2D eigenvalue weighted by Gasteiger charge is -2.22. The summed E-state index contributed by atoms with van der Waals surface area (Å²) in [4.78, 5) is 25.9. The highest BCUT2D eigenvalue weighted by Crippen LogP contribution is 2.33. The van der Waals surface area contributed by atoms with Crippen LogP contribution in [-0.2, 0) is 4.74 Å². The number of thiocarbonyl (C=S) groups is 1. The lowest BCUT2D eigenvalue weighted by atomic mass is 10.1. The molecule has 0 atom stereocenters. The number of carbonyl (C=O) groups is 2. The SMILES string of the molecule is CCOC(=O)c1c(NC(=S)N(CC)CC)sc(C(N)=O)c1C. The van der Waals surface area contributed by atoms with Crippen LogP contribution in [0.25, 0.3) is 0 Å². The fourth-order valence-corrected chi connectivity index (χ4v) is 3.44. The van der Waals surface area contributed by atoms with Gasteiger partial charge in [-0.25, -0.2) is 4.79 Å². The zero-order valence-corrected chi connectivity index (χ0v) is 14.8. The summed E-state index contributed by atoms with van der Waals surface area (Å²) in [6, 6.07) is 0. The van der Waals surface area contributed by atoms with Gasteiger partial charge in [-0.2, -0.15) is 0 Å². The van der Waals surface area contributed by atoms with E-state index in [0.29, 0.717) is 26.1 Å². The van der Waals surface area contributed by atoms with Crippen molar-refractivity contribution in [2.45, 2.75) is 27.7 Å². The van der Waals surface area contributed by atoms with Gasteiger partial charge in [-0.15, -0.1) is 11.3 Å². The number of nitrogens with one attached hydrogen (secondary N) is 1. The molecule has 0 bridgehead atoms. The molecule has 1 amide bonds. The van der Waals surface area contributed by atoms with Crippen molar-refractivity contribution in [3.63, 3.8) is 0 Å². The highest BCUT2D eigenvalue weighted by atomic mass is 32.1. The van der Waals surface area contributed by atoms with E-state index in [-0.39, 0.29) is 6.61 Å². The van der Waals surface area contributed by atoms with E-state index < -0.39 is 11.9 Å². The predicted octanol–water partition coefficient (Wildman–Crippen LogP) is 2.37. The molecule has 0 aromatic carbocycles. The third-order valence-corrected chi connectivity index (χ3v) is 4.70. The number of nitrogens with zero attached hydrogens (tertiary/aromatic N) is 1. The standard InChI is InChI=1S/C14H21N3O3S2/c1-5-17(6-2)14(21)16-12-9(13(19)20-7-3)8(4)10(22-12)11(15)18/h5-7H2,1-4H3,(H2,15,18)(H,16,21). The summed E-state index contributed by atoms with van der Waals surface area (Å²) in [5.41, 5.74) is 6.19. The number of hydrogen-bond donors (Lipinski definition) is 2. The molecule has 1 rings (SSSR count). The van der Waals surface area contributed by atoms with Crippen LogP contribution in [0, 0.1) is 6.92 Å². The number of esters is 1. The van der Waals surface area contributed by atoms with E-state index in [0.717, 1.165) is 24.4 Å². The first kappa shape index (κ1) is 18.4. The second kappa shape index (κ2) is 8.09. The minimum absolute atomic E-state index is 0.250. The van der Waals surface area contributed by atoms with Crippen LogP contribution < -0.4 is 11.1 Å². The Labute approximate surface area is 139 Å². The molecule has 122 valence electrons. The largest absolute Gasteiger partial charge is 0.462 e. The van der Waals surface area contributed by atoms with Crippen LogP contribution >= 0.6 is 23.6 Å². The van der Waals surface area contributed by atoms with Gasteiger partial charge in [-0.05, 0) is 45.5 Å². The maximum atomic E-state index is 12.1. The van der Waals surface area contributed by atoms with Crippen molar-refractivity contribution in [3.8, 4) is 0 Å². The topological polar surface area (TPSA) is 84.7 Å². The zero-order valence-electron chi connectivity index (χ0n) is 13.2. The summed E-state index contributed by atoms with van der Waals surface area (Å²) in [7, 11) is 0. The molecule has 0 aliphatic heterocycles. The van der Waals surface area contributed by atoms with E-state index >= 15 is 0 Å². The van der Waals surface area contributed by atoms with Crippen molar-refractivity contribution in [1.82, 2.24) is 4.90 Å². The van der Waals surface area contributed by atoms with Crippen LogP contribution in [0.4, 0.5) is 5.00 Å². The normalized spacial score (nSPS) is 10.2. The number of ether oxygens (including phenoxy) is 1. The second-order valence-electron chi connectivity index (χ2n) is 4.45. The summed E-state index contributed by atoms with van der Waals surface area (Å²) in [6.45, 7) is 9.10. The Morgan fingerprint density at radius 1 is 1.32 bits per heavy atom. The molecule has 0 saturated heterocycles. The molecule has 0 saturated carbocycles. The Kier molecular flexibility index (Phi) is 6.76. The summed E-state index contributed by atoms with van der Waals surface area (Å²) in [5, 5.41) is 4.02. The molecule has 1 heterocycles. The summed E-state index contributed by atoms with van der Waals surface area (Å²) in [6.07, 6.45) is 0. The molecule has 8 heteroatoms. The van der Waals surface area contributed by atoms with Crippen LogP contribution in [-0.4, -0.2) is 41.6 Å². The average Bonchev–Trinajstić information content (AvgIpc) is 2.77. The molecule has 0 aliphatic rings. The van der Waals surface area contributed by atoms with Gasteiger partial charge in [0.05, 0.1) is 17.0 Å². The molecule has 3 N–H and O–H groups in total. The monoisotopic (exact) mass is 343 g/mol. The lowest BCUT2D eigenvalue weighted by Crippen LogP contribution is -2.34. The first-order chi connectivity index (χ1) is 10.4. The van der Waals surface area contributed by atoms with Gasteiger partial charge < -0.3 is 20.7 Å². The van der Waals surface area contributed by atoms with Crippen LogP contribution in [0.2, 0.25) is 0 Å². The van der Waals surface area contributed by atoms with Crippen LogP contribution in [0.15, 0.2) is 0 Å². The first-order valence-electron chi connectivity index (χ1n) is 7.03. The first-order valence-corrected chi connectivity index (χ1v) is 8.25. The zero-order chi connectivity index (χ0) is 16.9. The lowest BCUT2D eigenvalue weighted by molar-refractivity contribution is 0.0527. The van der Waals surface area contributed by atoms with Gasteiger partial charge in [-0.1, -0.05) is 0 Å². The number of carbonyl (C=O) groups excluding carboxylic acids is 2. The van der Waals surface area contributed by atoms with E-state index in [9.17, 15) is 9.59 Å². The van der Waals surface area contributed by atoms with Crippen molar-refractivity contribution >= 4 is 45.5 Å². The van der Waals surface area contributed by atoms with Gasteiger partial charge in [0.25, 0.3) is 5.91 Å². The molecule has 22 heavy (non-hydrogen) atoms. The number of primary amides is 1. The number of nitrogens with two attached hydrogens (primary N) is 1. The van der Waals surface area contributed by atoms with Gasteiger partial charge in [-0.3, -0.25) is 4.79 Å². The van der Waals surface area contributed by atoms with E-state index in [1.807, 2.05) is 18.7 Å². The molecule has 1 aromatic rings. The maximum Gasteiger partial charge on any atom is 0.341 e. The summed E-state index contributed by atoms with van der Waals surface area (Å²) >= 11 is 6.45. The van der Waals surface area contributed by atoms with Crippen LogP contribution in [0.5, 0.6) is 0 Å². The Balaban J connectivity index is 3.22. The summed E-state index contributed by atoms with van der Waals surface area (Å²) < 4.78 is 5.06. The van der Waals surface area contributed by atoms with E-state index in [1.54, 1.807) is 13.8 Å². The highest BCUT2D eigenvalue weighted by molar-refractivity contribution is 7.80. The Morgan fingerprint density at radius 2 is 1.91 bits per heavy atom. The minimum Gasteiger partial charge on any atom is -0.462 e. The van der Waals surface area contributed by atoms with E-state index in [2.05, 4.69) is 5.32 Å². The van der Waals surface area contributed by atoms with Gasteiger partial charge >= 0.3 is 5.97 Å². The van der Waals surface area contributed by atoms with Crippen molar-refractivity contribution in [2.24, 2.45) is 5.73 Å². The van der Waals surface area contributed by atoms with Crippen LogP contribution in [0.1, 0.15) is 46.4 Å². The van der Waals surface area contributed by atoms with Gasteiger partial charge in [0.2, 0.25) is 0 Å². The number of amides is 1. The molecule has 0 radical (unpaired) electrons. The van der Waals surface area contributed by atoms with Crippen molar-refractivity contribution in [3.05, 3.63) is 16.0 Å². The Morgan fingerprint density at radius 3 is 2.36 bits per heavy atom. The number of hydrogen-bond acceptors (Lipinski definition) is 5. The fraction of sp³-hybridized carbons (Fsp3) is 0.500. The third kappa shape index (κ3) is 3.95. The highest BCUT2D eigenvalue weighted by Gasteiger charge is 2.25. The van der Waals surface area contributed by atoms with Crippen molar-refractivity contribution in [2.75, 3.05) is 25.0 Å². The average molecular weight is 343 g/mol. The molecule has 0 unspecified atom stereocenters. The van der Waals surface area contributed by atoms with Gasteiger partial charge in [0, 0.05) is 13.1 Å². The summed E-state index contributed by atoms with van der Waals surface area (Å²) in [5.74, 6) is -1.07. The quantitative estimate of drug-likeness (QED) is 0.609. The van der Waals surface area contributed by atoms with Gasteiger partial charge in [0.1, 0.15) is 5.00 Å². The Hall–Kier alpha value is -1.67. The molecule has 0 fully saturated rings. The predicted molar refractivity (Wildman–Crippen MR) is 92.7 cm³/mol. The van der Waals surface area contributed by atoms with E-state index in [1.165, 1.54) is 0 Å². The second-order valence-corrected chi connectivity index (χ2v) is 5.85. The number of anilines is 1. The molecular formula is C14H21N3O3S2. The maximum absolute atomic E-state index is 12.1. The van der Waals surface area contributed by atoms with E-state index in [4.69, 9.17) is 22.7 Å². The number of thiophene rings is 1. The third-order valence-electron chi connectivity index (χ3n) is 3.12. The molecule has 0 aliphatic carbocycles. The van der Waals surface area contributed by atoms with Crippen molar-refractivity contribution in [1.29, 1.82) is 0 Å². The molecular weight excluding hydrogens is 322 g/mol. The fourth-order valence-electron chi connectivity index (χ4n) is 1.97. The molecule has 1 aromatic heterocycles. The Bertz CT molecular complexity index is 580. The minimum atomic E-state index is -0.574. The molecule has 0 spiro atoms. The van der Waals surface area contributed by atoms with Gasteiger partial charge in [0.15, 0.2) is 5.11 Å². The molecule has 6 nitrogen and oxygen atoms in total.